The second-order valence-electron chi connectivity index (χ2n) is 8.76. The third-order valence-corrected chi connectivity index (χ3v) is 7.70. The predicted molar refractivity (Wildman–Crippen MR) is 145 cm³/mol. The number of hydrogen-bond acceptors (Lipinski definition) is 6. The van der Waals surface area contributed by atoms with Crippen LogP contribution >= 0.6 is 27.3 Å². The van der Waals surface area contributed by atoms with Gasteiger partial charge in [0.05, 0.1) is 44.8 Å². The molecule has 0 unspecified atom stereocenters. The van der Waals surface area contributed by atoms with Gasteiger partial charge >= 0.3 is 0 Å². The van der Waals surface area contributed by atoms with Gasteiger partial charge in [0.2, 0.25) is 17.7 Å². The Kier molecular flexibility index (Phi) is 6.67. The highest BCUT2D eigenvalue weighted by Crippen LogP contribution is 2.42. The number of benzene rings is 1. The van der Waals surface area contributed by atoms with Crippen LogP contribution in [0.15, 0.2) is 47.6 Å². The van der Waals surface area contributed by atoms with E-state index >= 15 is 0 Å². The number of nitrogens with one attached hydrogen (secondary N) is 2. The first kappa shape index (κ1) is 24.3. The average molecular weight is 569 g/mol. The Hall–Kier alpha value is -3.44. The lowest BCUT2D eigenvalue weighted by atomic mass is 10.1. The standard InChI is InChI=1S/C25H25BrN6O3S/c1-4-21(33)28-18-11-20-23(34)30-25-29-17-8-7-15(26)10-19(17)32(25)13-14(2)6-5-9-35-24-16(22(18)36-20)12-27-31(24)3/h4,7-8,10-12,14H,1,5-6,9,13H2,2-3H3,(H,28,33)(H,29,30,34)/t14-/m1/s1. The van der Waals surface area contributed by atoms with Crippen LogP contribution in [0.2, 0.25) is 0 Å². The van der Waals surface area contributed by atoms with Crippen LogP contribution in [0.3, 0.4) is 0 Å². The van der Waals surface area contributed by atoms with Crippen molar-refractivity contribution in [2.24, 2.45) is 13.0 Å². The lowest BCUT2D eigenvalue weighted by molar-refractivity contribution is -0.111. The predicted octanol–water partition coefficient (Wildman–Crippen LogP) is 5.45. The molecule has 3 aromatic heterocycles. The summed E-state index contributed by atoms with van der Waals surface area (Å²) in [6.07, 6.45) is 4.65. The number of fused-ring (bicyclic) bond motifs is 7. The van der Waals surface area contributed by atoms with Crippen LogP contribution in [0.1, 0.15) is 29.4 Å². The molecule has 1 aliphatic rings. The SMILES string of the molecule is C=CC(=O)Nc1cc2sc1-c1cnn(C)c1OCCC[C@@H](C)Cn1c(nc3ccc(Br)cc31)NC2=O. The molecule has 1 aromatic carbocycles. The molecule has 4 heterocycles. The molecule has 11 heteroatoms. The van der Waals surface area contributed by atoms with Gasteiger partial charge in [-0.15, -0.1) is 11.3 Å². The third kappa shape index (κ3) is 4.68. The Balaban J connectivity index is 1.62. The molecule has 4 aromatic rings. The molecular weight excluding hydrogens is 544 g/mol. The van der Waals surface area contributed by atoms with Gasteiger partial charge in [0.15, 0.2) is 0 Å². The topological polar surface area (TPSA) is 103 Å². The Morgan fingerprint density at radius 2 is 2.22 bits per heavy atom. The highest BCUT2D eigenvalue weighted by Gasteiger charge is 2.24. The summed E-state index contributed by atoms with van der Waals surface area (Å²) in [6, 6.07) is 7.53. The number of nitrogens with zero attached hydrogens (tertiary/aromatic N) is 4. The van der Waals surface area contributed by atoms with E-state index in [1.807, 2.05) is 18.2 Å². The normalized spacial score (nSPS) is 16.2. The average Bonchev–Trinajstić information content (AvgIpc) is 3.52. The Morgan fingerprint density at radius 3 is 3.03 bits per heavy atom. The summed E-state index contributed by atoms with van der Waals surface area (Å²) in [5, 5.41) is 10.2. The van der Waals surface area contributed by atoms with E-state index in [4.69, 9.17) is 9.72 Å². The summed E-state index contributed by atoms with van der Waals surface area (Å²) in [4.78, 5) is 31.4. The van der Waals surface area contributed by atoms with Crippen LogP contribution in [0, 0.1) is 5.92 Å². The van der Waals surface area contributed by atoms with Gasteiger partial charge in [-0.3, -0.25) is 14.9 Å². The molecule has 0 saturated carbocycles. The summed E-state index contributed by atoms with van der Waals surface area (Å²) in [6.45, 7) is 6.93. The second kappa shape index (κ2) is 9.90. The first-order valence-electron chi connectivity index (χ1n) is 11.5. The van der Waals surface area contributed by atoms with Crippen LogP contribution < -0.4 is 15.4 Å². The van der Waals surface area contributed by atoms with Crippen molar-refractivity contribution in [2.45, 2.75) is 26.3 Å². The number of rotatable bonds is 2. The molecule has 5 rings (SSSR count). The van der Waals surface area contributed by atoms with Gasteiger partial charge in [-0.05, 0) is 49.1 Å². The molecule has 1 aliphatic heterocycles. The zero-order chi connectivity index (χ0) is 25.4. The molecule has 1 atom stereocenters. The van der Waals surface area contributed by atoms with Gasteiger partial charge in [0.1, 0.15) is 0 Å². The smallest absolute Gasteiger partial charge is 0.268 e. The largest absolute Gasteiger partial charge is 0.477 e. The van der Waals surface area contributed by atoms with Crippen molar-refractivity contribution in [3.8, 4) is 16.3 Å². The molecule has 36 heavy (non-hydrogen) atoms. The fraction of sp³-hybridized carbons (Fsp3) is 0.280. The Bertz CT molecular complexity index is 1490. The first-order valence-corrected chi connectivity index (χ1v) is 13.1. The fourth-order valence-electron chi connectivity index (χ4n) is 4.28. The maximum Gasteiger partial charge on any atom is 0.268 e. The number of thiophene rings is 1. The van der Waals surface area contributed by atoms with E-state index in [0.717, 1.165) is 28.3 Å². The molecule has 2 bridgehead atoms. The molecule has 0 aliphatic carbocycles. The number of ether oxygens (including phenoxy) is 1. The number of anilines is 2. The van der Waals surface area contributed by atoms with Gasteiger partial charge in [-0.1, -0.05) is 29.4 Å². The van der Waals surface area contributed by atoms with E-state index in [1.54, 1.807) is 24.0 Å². The van der Waals surface area contributed by atoms with Crippen molar-refractivity contribution in [3.05, 3.63) is 52.5 Å². The number of amides is 2. The van der Waals surface area contributed by atoms with Crippen LogP contribution in [-0.2, 0) is 18.4 Å². The van der Waals surface area contributed by atoms with Crippen molar-refractivity contribution in [3.63, 3.8) is 0 Å². The van der Waals surface area contributed by atoms with Crippen molar-refractivity contribution in [1.29, 1.82) is 0 Å². The zero-order valence-electron chi connectivity index (χ0n) is 19.9. The maximum absolute atomic E-state index is 13.4. The molecular formula is C25H25BrN6O3S. The van der Waals surface area contributed by atoms with Crippen LogP contribution in [-0.4, -0.2) is 37.8 Å². The fourth-order valence-corrected chi connectivity index (χ4v) is 5.64. The highest BCUT2D eigenvalue weighted by atomic mass is 79.9. The number of aryl methyl sites for hydroxylation is 1. The minimum absolute atomic E-state index is 0.315. The van der Waals surface area contributed by atoms with Crippen molar-refractivity contribution in [2.75, 3.05) is 17.2 Å². The minimum Gasteiger partial charge on any atom is -0.477 e. The minimum atomic E-state index is -0.372. The molecule has 0 fully saturated rings. The molecule has 2 N–H and O–H groups in total. The van der Waals surface area contributed by atoms with E-state index in [9.17, 15) is 9.59 Å². The Labute approximate surface area is 220 Å². The van der Waals surface area contributed by atoms with Crippen LogP contribution in [0.5, 0.6) is 5.88 Å². The molecule has 0 spiro atoms. The molecule has 9 nitrogen and oxygen atoms in total. The van der Waals surface area contributed by atoms with Gasteiger partial charge in [-0.2, -0.15) is 5.10 Å². The van der Waals surface area contributed by atoms with Crippen molar-refractivity contribution >= 4 is 61.8 Å². The van der Waals surface area contributed by atoms with Crippen molar-refractivity contribution in [1.82, 2.24) is 19.3 Å². The van der Waals surface area contributed by atoms with Gasteiger partial charge in [-0.25, -0.2) is 9.67 Å². The molecule has 2 amide bonds. The third-order valence-electron chi connectivity index (χ3n) is 6.04. The molecule has 0 saturated heterocycles. The lowest BCUT2D eigenvalue weighted by Gasteiger charge is -2.16. The monoisotopic (exact) mass is 568 g/mol. The van der Waals surface area contributed by atoms with E-state index in [1.165, 1.54) is 17.4 Å². The van der Waals surface area contributed by atoms with Crippen LogP contribution in [0.4, 0.5) is 11.6 Å². The summed E-state index contributed by atoms with van der Waals surface area (Å²) >= 11 is 4.80. The van der Waals surface area contributed by atoms with E-state index in [0.29, 0.717) is 51.9 Å². The molecule has 0 radical (unpaired) electrons. The number of hydrogen-bond donors (Lipinski definition) is 2. The second-order valence-corrected chi connectivity index (χ2v) is 10.7. The number of halogens is 1. The quantitative estimate of drug-likeness (QED) is 0.313. The van der Waals surface area contributed by atoms with E-state index < -0.39 is 0 Å². The Morgan fingerprint density at radius 1 is 1.39 bits per heavy atom. The van der Waals surface area contributed by atoms with Crippen molar-refractivity contribution < 1.29 is 14.3 Å². The summed E-state index contributed by atoms with van der Waals surface area (Å²) in [5.41, 5.74) is 2.94. The lowest BCUT2D eigenvalue weighted by Crippen LogP contribution is -2.17. The maximum atomic E-state index is 13.4. The number of imidazole rings is 1. The summed E-state index contributed by atoms with van der Waals surface area (Å²) < 4.78 is 10.8. The van der Waals surface area contributed by atoms with E-state index in [2.05, 4.69) is 49.7 Å². The van der Waals surface area contributed by atoms with E-state index in [-0.39, 0.29) is 11.8 Å². The summed E-state index contributed by atoms with van der Waals surface area (Å²) in [5.74, 6) is 0.710. The van der Waals surface area contributed by atoms with Gasteiger partial charge in [0, 0.05) is 18.1 Å². The first-order chi connectivity index (χ1) is 17.3. The molecule has 186 valence electrons. The van der Waals surface area contributed by atoms with Crippen LogP contribution in [0.25, 0.3) is 21.5 Å². The highest BCUT2D eigenvalue weighted by molar-refractivity contribution is 9.10. The number of carbonyl (C=O) groups is 2. The number of carbonyl (C=O) groups excluding carboxylic acids is 2. The zero-order valence-corrected chi connectivity index (χ0v) is 22.3. The summed E-state index contributed by atoms with van der Waals surface area (Å²) in [7, 11) is 1.81. The number of aromatic nitrogens is 4. The van der Waals surface area contributed by atoms with Gasteiger partial charge < -0.3 is 14.6 Å². The van der Waals surface area contributed by atoms with Gasteiger partial charge in [0.25, 0.3) is 5.91 Å².